The number of nitrogens with two attached hydrogens (primary N) is 1. The van der Waals surface area contributed by atoms with Gasteiger partial charge in [-0.2, -0.15) is 9.40 Å². The molecule has 0 aliphatic carbocycles. The molecule has 0 fully saturated rings. The Morgan fingerprint density at radius 3 is 2.69 bits per heavy atom. The summed E-state index contributed by atoms with van der Waals surface area (Å²) in [5.41, 5.74) is 5.53. The van der Waals surface area contributed by atoms with Crippen molar-refractivity contribution in [2.75, 3.05) is 18.8 Å². The molecule has 1 heterocycles. The molecule has 0 unspecified atom stereocenters. The molecule has 0 atom stereocenters. The van der Waals surface area contributed by atoms with E-state index in [1.165, 1.54) is 15.2 Å². The zero-order valence-corrected chi connectivity index (χ0v) is 10.0. The first-order chi connectivity index (χ1) is 7.43. The lowest BCUT2D eigenvalue weighted by atomic mass is 10.6. The summed E-state index contributed by atoms with van der Waals surface area (Å²) in [6, 6.07) is 0. The quantitative estimate of drug-likeness (QED) is 0.731. The van der Waals surface area contributed by atoms with Crippen LogP contribution in [-0.2, 0) is 17.1 Å². The predicted molar refractivity (Wildman–Crippen MR) is 60.9 cm³/mol. The highest BCUT2D eigenvalue weighted by Crippen LogP contribution is 2.20. The van der Waals surface area contributed by atoms with Crippen LogP contribution >= 0.6 is 0 Å². The molecule has 1 aromatic heterocycles. The first-order valence-corrected chi connectivity index (χ1v) is 6.10. The molecule has 0 bridgehead atoms. The van der Waals surface area contributed by atoms with Gasteiger partial charge in [0, 0.05) is 19.8 Å². The van der Waals surface area contributed by atoms with E-state index in [9.17, 15) is 8.42 Å². The van der Waals surface area contributed by atoms with Gasteiger partial charge in [0.1, 0.15) is 4.90 Å². The zero-order valence-electron chi connectivity index (χ0n) is 9.21. The van der Waals surface area contributed by atoms with Gasteiger partial charge in [0.15, 0.2) is 5.82 Å². The van der Waals surface area contributed by atoms with E-state index in [-0.39, 0.29) is 17.3 Å². The van der Waals surface area contributed by atoms with Crippen molar-refractivity contribution in [1.29, 1.82) is 0 Å². The number of hydrogen-bond acceptors (Lipinski definition) is 4. The lowest BCUT2D eigenvalue weighted by molar-refractivity contribution is 0.464. The number of hydrogen-bond donors (Lipinski definition) is 1. The molecule has 0 saturated heterocycles. The molecule has 0 amide bonds. The van der Waals surface area contributed by atoms with Gasteiger partial charge in [-0.1, -0.05) is 12.8 Å². The van der Waals surface area contributed by atoms with Crippen LogP contribution in [0.3, 0.4) is 0 Å². The molecule has 88 valence electrons. The third-order valence-electron chi connectivity index (χ3n) is 2.06. The molecule has 0 aromatic carbocycles. The van der Waals surface area contributed by atoms with Crippen LogP contribution in [0.2, 0.25) is 0 Å². The van der Waals surface area contributed by atoms with Crippen LogP contribution in [0.15, 0.2) is 11.1 Å². The molecule has 6 nitrogen and oxygen atoms in total. The molecule has 7 heteroatoms. The first-order valence-electron chi connectivity index (χ1n) is 4.66. The topological polar surface area (TPSA) is 81.2 Å². The summed E-state index contributed by atoms with van der Waals surface area (Å²) >= 11 is 0. The summed E-state index contributed by atoms with van der Waals surface area (Å²) < 4.78 is 26.7. The van der Waals surface area contributed by atoms with Gasteiger partial charge in [0.25, 0.3) is 0 Å². The molecule has 0 radical (unpaired) electrons. The van der Waals surface area contributed by atoms with Crippen molar-refractivity contribution in [1.82, 2.24) is 14.1 Å². The van der Waals surface area contributed by atoms with Crippen LogP contribution in [0.5, 0.6) is 0 Å². The second kappa shape index (κ2) is 4.55. The number of nitrogen functional groups attached to an aromatic ring is 1. The van der Waals surface area contributed by atoms with E-state index in [0.717, 1.165) is 0 Å². The van der Waals surface area contributed by atoms with Crippen LogP contribution in [0.1, 0.15) is 6.92 Å². The maximum absolute atomic E-state index is 12.1. The zero-order chi connectivity index (χ0) is 12.3. The Balaban J connectivity index is 3.21. The van der Waals surface area contributed by atoms with Crippen molar-refractivity contribution in [2.24, 2.45) is 7.05 Å². The van der Waals surface area contributed by atoms with Crippen molar-refractivity contribution in [3.8, 4) is 12.3 Å². The highest BCUT2D eigenvalue weighted by molar-refractivity contribution is 7.89. The normalized spacial score (nSPS) is 11.6. The number of sulfonamides is 1. The third kappa shape index (κ3) is 2.18. The average Bonchev–Trinajstić information content (AvgIpc) is 2.54. The third-order valence-corrected chi connectivity index (χ3v) is 4.00. The molecule has 0 aliphatic rings. The Bertz CT molecular complexity index is 512. The lowest BCUT2D eigenvalue weighted by Crippen LogP contribution is -2.31. The molecule has 2 N–H and O–H groups in total. The van der Waals surface area contributed by atoms with Gasteiger partial charge in [-0.15, -0.1) is 6.42 Å². The van der Waals surface area contributed by atoms with Gasteiger partial charge in [0.05, 0.1) is 6.54 Å². The van der Waals surface area contributed by atoms with E-state index >= 15 is 0 Å². The highest BCUT2D eigenvalue weighted by Gasteiger charge is 2.26. The van der Waals surface area contributed by atoms with Crippen LogP contribution in [0.4, 0.5) is 5.82 Å². The van der Waals surface area contributed by atoms with E-state index in [1.54, 1.807) is 14.0 Å². The minimum absolute atomic E-state index is 0.00731. The molecule has 0 aliphatic heterocycles. The van der Waals surface area contributed by atoms with Crippen molar-refractivity contribution >= 4 is 15.8 Å². The van der Waals surface area contributed by atoms with E-state index in [4.69, 9.17) is 12.2 Å². The Hall–Kier alpha value is -1.52. The smallest absolute Gasteiger partial charge is 0.249 e. The maximum Gasteiger partial charge on any atom is 0.249 e. The Kier molecular flexibility index (Phi) is 3.57. The highest BCUT2D eigenvalue weighted by atomic mass is 32.2. The van der Waals surface area contributed by atoms with Crippen molar-refractivity contribution in [2.45, 2.75) is 11.8 Å². The Morgan fingerprint density at radius 1 is 1.69 bits per heavy atom. The number of rotatable bonds is 4. The summed E-state index contributed by atoms with van der Waals surface area (Å²) in [6.45, 7) is 2.02. The minimum Gasteiger partial charge on any atom is -0.381 e. The number of nitrogens with zero attached hydrogens (tertiary/aromatic N) is 3. The molecule has 0 spiro atoms. The fourth-order valence-corrected chi connectivity index (χ4v) is 2.74. The van der Waals surface area contributed by atoms with Gasteiger partial charge in [-0.25, -0.2) is 8.42 Å². The fraction of sp³-hybridized carbons (Fsp3) is 0.444. The Labute approximate surface area is 95.1 Å². The van der Waals surface area contributed by atoms with Crippen molar-refractivity contribution in [3.05, 3.63) is 6.20 Å². The lowest BCUT2D eigenvalue weighted by Gasteiger charge is -2.16. The molecule has 16 heavy (non-hydrogen) atoms. The van der Waals surface area contributed by atoms with Crippen LogP contribution in [-0.4, -0.2) is 35.6 Å². The van der Waals surface area contributed by atoms with Gasteiger partial charge in [-0.05, 0) is 0 Å². The van der Waals surface area contributed by atoms with Crippen LogP contribution in [0, 0.1) is 12.3 Å². The second-order valence-corrected chi connectivity index (χ2v) is 5.09. The van der Waals surface area contributed by atoms with E-state index in [2.05, 4.69) is 11.0 Å². The van der Waals surface area contributed by atoms with E-state index < -0.39 is 10.0 Å². The monoisotopic (exact) mass is 242 g/mol. The predicted octanol–water partition coefficient (Wildman–Crippen LogP) is -0.354. The maximum atomic E-state index is 12.1. The number of terminal acetylenes is 1. The van der Waals surface area contributed by atoms with Gasteiger partial charge in [-0.3, -0.25) is 4.68 Å². The molecule has 1 rings (SSSR count). The van der Waals surface area contributed by atoms with Gasteiger partial charge < -0.3 is 5.73 Å². The van der Waals surface area contributed by atoms with Gasteiger partial charge >= 0.3 is 0 Å². The summed E-state index contributed by atoms with van der Waals surface area (Å²) in [4.78, 5) is -0.00731. The molecule has 0 saturated carbocycles. The summed E-state index contributed by atoms with van der Waals surface area (Å²) in [5, 5.41) is 3.79. The van der Waals surface area contributed by atoms with Crippen molar-refractivity contribution in [3.63, 3.8) is 0 Å². The standard InChI is InChI=1S/C9H14N4O2S/c1-4-6-13(5-2)16(14,15)8-7-12(3)11-9(8)10/h1,7H,5-6H2,2-3H3,(H2,10,11). The molecule has 1 aromatic rings. The minimum atomic E-state index is -3.64. The molecular formula is C9H14N4O2S. The largest absolute Gasteiger partial charge is 0.381 e. The fourth-order valence-electron chi connectivity index (χ4n) is 1.29. The van der Waals surface area contributed by atoms with E-state index in [0.29, 0.717) is 6.54 Å². The van der Waals surface area contributed by atoms with Crippen LogP contribution < -0.4 is 5.73 Å². The number of aryl methyl sites for hydroxylation is 1. The Morgan fingerprint density at radius 2 is 2.31 bits per heavy atom. The average molecular weight is 242 g/mol. The summed E-state index contributed by atoms with van der Waals surface area (Å²) in [7, 11) is -2.04. The molecular weight excluding hydrogens is 228 g/mol. The van der Waals surface area contributed by atoms with E-state index in [1.807, 2.05) is 0 Å². The second-order valence-electron chi connectivity index (χ2n) is 3.19. The summed E-state index contributed by atoms with van der Waals surface area (Å²) in [5.74, 6) is 2.28. The van der Waals surface area contributed by atoms with Gasteiger partial charge in [0.2, 0.25) is 10.0 Å². The SMILES string of the molecule is C#CCN(CC)S(=O)(=O)c1cn(C)nc1N. The number of anilines is 1. The van der Waals surface area contributed by atoms with Crippen LogP contribution in [0.25, 0.3) is 0 Å². The first kappa shape index (κ1) is 12.5. The summed E-state index contributed by atoms with van der Waals surface area (Å²) in [6.07, 6.45) is 6.48. The number of aromatic nitrogens is 2. The van der Waals surface area contributed by atoms with Crippen molar-refractivity contribution < 1.29 is 8.42 Å².